The Bertz CT molecular complexity index is 352. The van der Waals surface area contributed by atoms with Gasteiger partial charge in [0.1, 0.15) is 0 Å². The number of nitrogens with one attached hydrogen (secondary N) is 1. The molecule has 1 aliphatic rings. The van der Waals surface area contributed by atoms with Gasteiger partial charge in [-0.25, -0.2) is 0 Å². The van der Waals surface area contributed by atoms with E-state index in [1.807, 2.05) is 18.2 Å². The first-order chi connectivity index (χ1) is 8.29. The first kappa shape index (κ1) is 12.9. The quantitative estimate of drug-likeness (QED) is 0.804. The van der Waals surface area contributed by atoms with Crippen molar-refractivity contribution in [3.63, 3.8) is 0 Å². The van der Waals surface area contributed by atoms with Crippen molar-refractivity contribution in [3.8, 4) is 0 Å². The Morgan fingerprint density at radius 2 is 2.29 bits per heavy atom. The maximum atomic E-state index is 6.02. The Kier molecular flexibility index (Phi) is 4.84. The fourth-order valence-corrected chi connectivity index (χ4v) is 1.99. The third-order valence-corrected chi connectivity index (χ3v) is 3.27. The number of hydrogen-bond donors (Lipinski definition) is 1. The molecule has 1 N–H and O–H groups in total. The molecule has 0 amide bonds. The van der Waals surface area contributed by atoms with Gasteiger partial charge < -0.3 is 10.1 Å². The van der Waals surface area contributed by atoms with Crippen LogP contribution in [0.5, 0.6) is 0 Å². The molecule has 94 valence electrons. The van der Waals surface area contributed by atoms with E-state index in [2.05, 4.69) is 18.3 Å². The fraction of sp³-hybridized carbons (Fsp3) is 0.571. The number of benzene rings is 1. The highest BCUT2D eigenvalue weighted by molar-refractivity contribution is 6.30. The highest BCUT2D eigenvalue weighted by atomic mass is 35.5. The van der Waals surface area contributed by atoms with E-state index in [4.69, 9.17) is 16.3 Å². The van der Waals surface area contributed by atoms with Gasteiger partial charge in [0, 0.05) is 11.6 Å². The molecule has 1 aliphatic carbocycles. The molecule has 0 radical (unpaired) electrons. The van der Waals surface area contributed by atoms with Gasteiger partial charge in [-0.1, -0.05) is 30.7 Å². The highest BCUT2D eigenvalue weighted by Crippen LogP contribution is 2.31. The third kappa shape index (κ3) is 4.30. The molecule has 1 aromatic carbocycles. The van der Waals surface area contributed by atoms with Gasteiger partial charge in [-0.3, -0.25) is 0 Å². The molecule has 2 rings (SSSR count). The Morgan fingerprint density at radius 1 is 1.47 bits per heavy atom. The minimum atomic E-state index is 0.120. The summed E-state index contributed by atoms with van der Waals surface area (Å²) in [5.74, 6) is 0.790. The van der Waals surface area contributed by atoms with E-state index < -0.39 is 0 Å². The molecule has 0 spiro atoms. The number of likely N-dealkylation sites (N-methyl/N-ethyl adjacent to an activating group) is 1. The number of hydrogen-bond acceptors (Lipinski definition) is 2. The van der Waals surface area contributed by atoms with Crippen LogP contribution in [0.1, 0.15) is 31.4 Å². The predicted octanol–water partition coefficient (Wildman–Crippen LogP) is 3.42. The Balaban J connectivity index is 1.96. The van der Waals surface area contributed by atoms with Crippen LogP contribution in [0.15, 0.2) is 24.3 Å². The molecular formula is C14H20ClNO. The van der Waals surface area contributed by atoms with Crippen molar-refractivity contribution < 1.29 is 4.74 Å². The molecule has 0 saturated heterocycles. The van der Waals surface area contributed by atoms with Crippen LogP contribution in [0, 0.1) is 5.92 Å². The largest absolute Gasteiger partial charge is 0.372 e. The highest BCUT2D eigenvalue weighted by Gasteiger charge is 2.23. The van der Waals surface area contributed by atoms with Crippen molar-refractivity contribution >= 4 is 11.6 Å². The molecular weight excluding hydrogens is 234 g/mol. The van der Waals surface area contributed by atoms with Crippen molar-refractivity contribution in [2.75, 3.05) is 19.7 Å². The summed E-state index contributed by atoms with van der Waals surface area (Å²) in [7, 11) is 0. The van der Waals surface area contributed by atoms with Gasteiger partial charge in [-0.15, -0.1) is 0 Å². The summed E-state index contributed by atoms with van der Waals surface area (Å²) in [6.07, 6.45) is 2.77. The van der Waals surface area contributed by atoms with Crippen LogP contribution in [0.3, 0.4) is 0 Å². The Hall–Kier alpha value is -0.570. The minimum Gasteiger partial charge on any atom is -0.372 e. The van der Waals surface area contributed by atoms with E-state index >= 15 is 0 Å². The molecule has 1 fully saturated rings. The van der Waals surface area contributed by atoms with E-state index in [9.17, 15) is 0 Å². The first-order valence-corrected chi connectivity index (χ1v) is 6.75. The maximum absolute atomic E-state index is 6.02. The number of ether oxygens (including phenoxy) is 1. The molecule has 1 saturated carbocycles. The van der Waals surface area contributed by atoms with Gasteiger partial charge in [0.15, 0.2) is 0 Å². The van der Waals surface area contributed by atoms with Crippen molar-refractivity contribution in [2.45, 2.75) is 25.9 Å². The van der Waals surface area contributed by atoms with Gasteiger partial charge in [0.2, 0.25) is 0 Å². The molecule has 0 heterocycles. The van der Waals surface area contributed by atoms with Gasteiger partial charge >= 0.3 is 0 Å². The molecule has 0 aromatic heterocycles. The lowest BCUT2D eigenvalue weighted by Gasteiger charge is -2.19. The lowest BCUT2D eigenvalue weighted by atomic mass is 10.1. The summed E-state index contributed by atoms with van der Waals surface area (Å²) >= 11 is 6.02. The summed E-state index contributed by atoms with van der Waals surface area (Å²) in [5.41, 5.74) is 1.17. The fourth-order valence-electron chi connectivity index (χ4n) is 1.79. The van der Waals surface area contributed by atoms with Crippen molar-refractivity contribution in [1.82, 2.24) is 5.32 Å². The SMILES string of the molecule is CCNCC(OCC1CC1)c1cccc(Cl)c1. The van der Waals surface area contributed by atoms with Crippen molar-refractivity contribution in [3.05, 3.63) is 34.9 Å². The second-order valence-corrected chi connectivity index (χ2v) is 5.06. The predicted molar refractivity (Wildman–Crippen MR) is 71.4 cm³/mol. The lowest BCUT2D eigenvalue weighted by molar-refractivity contribution is 0.0456. The molecule has 1 atom stereocenters. The molecule has 17 heavy (non-hydrogen) atoms. The Labute approximate surface area is 108 Å². The minimum absolute atomic E-state index is 0.120. The van der Waals surface area contributed by atoms with Gasteiger partial charge in [0.25, 0.3) is 0 Å². The first-order valence-electron chi connectivity index (χ1n) is 6.37. The standard InChI is InChI=1S/C14H20ClNO/c1-2-16-9-14(17-10-11-6-7-11)12-4-3-5-13(15)8-12/h3-5,8,11,14,16H,2,6-7,9-10H2,1H3. The van der Waals surface area contributed by atoms with E-state index in [-0.39, 0.29) is 6.10 Å². The summed E-state index contributed by atoms with van der Waals surface area (Å²) < 4.78 is 5.99. The number of halogens is 1. The molecule has 3 heteroatoms. The number of rotatable bonds is 7. The van der Waals surface area contributed by atoms with Crippen LogP contribution in [-0.2, 0) is 4.74 Å². The smallest absolute Gasteiger partial charge is 0.0949 e. The third-order valence-electron chi connectivity index (χ3n) is 3.03. The second-order valence-electron chi connectivity index (χ2n) is 4.63. The normalized spacial score (nSPS) is 17.1. The van der Waals surface area contributed by atoms with E-state index in [0.29, 0.717) is 0 Å². The van der Waals surface area contributed by atoms with E-state index in [1.165, 1.54) is 18.4 Å². The molecule has 1 aromatic rings. The van der Waals surface area contributed by atoms with Gasteiger partial charge in [0.05, 0.1) is 12.7 Å². The van der Waals surface area contributed by atoms with Crippen LogP contribution in [0.25, 0.3) is 0 Å². The Morgan fingerprint density at radius 3 is 2.94 bits per heavy atom. The zero-order valence-electron chi connectivity index (χ0n) is 10.3. The van der Waals surface area contributed by atoms with Crippen LogP contribution >= 0.6 is 11.6 Å². The molecule has 0 bridgehead atoms. The second kappa shape index (κ2) is 6.39. The van der Waals surface area contributed by atoms with Crippen LogP contribution < -0.4 is 5.32 Å². The molecule has 0 aliphatic heterocycles. The average Bonchev–Trinajstić information content (AvgIpc) is 3.13. The summed E-state index contributed by atoms with van der Waals surface area (Å²) in [6, 6.07) is 7.96. The van der Waals surface area contributed by atoms with Crippen LogP contribution in [0.4, 0.5) is 0 Å². The van der Waals surface area contributed by atoms with Crippen LogP contribution in [-0.4, -0.2) is 19.7 Å². The topological polar surface area (TPSA) is 21.3 Å². The molecule has 2 nitrogen and oxygen atoms in total. The van der Waals surface area contributed by atoms with E-state index in [1.54, 1.807) is 0 Å². The van der Waals surface area contributed by atoms with Crippen molar-refractivity contribution in [2.24, 2.45) is 5.92 Å². The van der Waals surface area contributed by atoms with Crippen LogP contribution in [0.2, 0.25) is 5.02 Å². The van der Waals surface area contributed by atoms with Gasteiger partial charge in [-0.2, -0.15) is 0 Å². The maximum Gasteiger partial charge on any atom is 0.0949 e. The zero-order chi connectivity index (χ0) is 12.1. The zero-order valence-corrected chi connectivity index (χ0v) is 11.0. The van der Waals surface area contributed by atoms with Crippen molar-refractivity contribution in [1.29, 1.82) is 0 Å². The summed E-state index contributed by atoms with van der Waals surface area (Å²) in [4.78, 5) is 0. The summed E-state index contributed by atoms with van der Waals surface area (Å²) in [5, 5.41) is 4.12. The van der Waals surface area contributed by atoms with E-state index in [0.717, 1.165) is 30.6 Å². The lowest BCUT2D eigenvalue weighted by Crippen LogP contribution is -2.23. The average molecular weight is 254 g/mol. The molecule has 1 unspecified atom stereocenters. The monoisotopic (exact) mass is 253 g/mol. The summed E-state index contributed by atoms with van der Waals surface area (Å²) in [6.45, 7) is 4.80. The van der Waals surface area contributed by atoms with Gasteiger partial charge in [-0.05, 0) is 43.0 Å².